The third-order valence-electron chi connectivity index (χ3n) is 3.71. The second kappa shape index (κ2) is 7.42. The van der Waals surface area contributed by atoms with E-state index in [2.05, 4.69) is 17.2 Å². The Hall–Kier alpha value is -1.14. The number of amides is 1. The molecule has 1 saturated heterocycles. The van der Waals surface area contributed by atoms with Gasteiger partial charge in [-0.3, -0.25) is 0 Å². The van der Waals surface area contributed by atoms with E-state index >= 15 is 0 Å². The maximum absolute atomic E-state index is 12.2. The summed E-state index contributed by atoms with van der Waals surface area (Å²) >= 11 is 1.69. The van der Waals surface area contributed by atoms with E-state index in [1.165, 1.54) is 0 Å². The van der Waals surface area contributed by atoms with Crippen LogP contribution in [0.2, 0.25) is 0 Å². The Labute approximate surface area is 137 Å². The molecule has 0 spiro atoms. The minimum absolute atomic E-state index is 0.190. The topological polar surface area (TPSA) is 54.5 Å². The molecule has 0 bridgehead atoms. The number of nitrogens with zero attached hydrogens (tertiary/aromatic N) is 2. The third-order valence-corrected chi connectivity index (χ3v) is 4.72. The van der Waals surface area contributed by atoms with E-state index < -0.39 is 5.60 Å². The van der Waals surface area contributed by atoms with Gasteiger partial charge in [-0.25, -0.2) is 9.78 Å². The minimum Gasteiger partial charge on any atom is -0.444 e. The molecule has 1 aliphatic heterocycles. The van der Waals surface area contributed by atoms with Gasteiger partial charge >= 0.3 is 6.09 Å². The van der Waals surface area contributed by atoms with Crippen LogP contribution in [0, 0.1) is 0 Å². The normalized spacial score (nSPS) is 20.2. The molecule has 22 heavy (non-hydrogen) atoms. The molecule has 1 aromatic rings. The van der Waals surface area contributed by atoms with Crippen LogP contribution in [-0.2, 0) is 4.74 Å². The second-order valence-electron chi connectivity index (χ2n) is 6.90. The van der Waals surface area contributed by atoms with Crippen LogP contribution >= 0.6 is 11.3 Å². The lowest BCUT2D eigenvalue weighted by Crippen LogP contribution is -2.44. The van der Waals surface area contributed by atoms with Crippen molar-refractivity contribution in [2.24, 2.45) is 0 Å². The Morgan fingerprint density at radius 2 is 2.36 bits per heavy atom. The van der Waals surface area contributed by atoms with Crippen molar-refractivity contribution in [2.45, 2.75) is 58.1 Å². The summed E-state index contributed by atoms with van der Waals surface area (Å²) in [6, 6.07) is 0.235. The highest BCUT2D eigenvalue weighted by Crippen LogP contribution is 2.21. The second-order valence-corrected chi connectivity index (χ2v) is 7.83. The summed E-state index contributed by atoms with van der Waals surface area (Å²) in [5.41, 5.74) is -0.434. The summed E-state index contributed by atoms with van der Waals surface area (Å²) in [6.45, 7) is 10.4. The molecule has 6 heteroatoms. The predicted octanol–water partition coefficient (Wildman–Crippen LogP) is 3.24. The molecule has 1 amide bonds. The number of likely N-dealkylation sites (tertiary alicyclic amines) is 1. The van der Waals surface area contributed by atoms with Crippen LogP contribution in [0.3, 0.4) is 0 Å². The number of hydrogen-bond donors (Lipinski definition) is 1. The fourth-order valence-electron chi connectivity index (χ4n) is 2.64. The van der Waals surface area contributed by atoms with Crippen LogP contribution < -0.4 is 5.32 Å². The molecule has 124 valence electrons. The average molecular weight is 325 g/mol. The first-order valence-corrected chi connectivity index (χ1v) is 8.84. The van der Waals surface area contributed by atoms with Crippen LogP contribution in [0.15, 0.2) is 11.6 Å². The molecule has 0 saturated carbocycles. The highest BCUT2D eigenvalue weighted by Gasteiger charge is 2.31. The number of aromatic nitrogens is 1. The Morgan fingerprint density at radius 3 is 3.00 bits per heavy atom. The number of nitrogens with one attached hydrogen (secondary N) is 1. The summed E-state index contributed by atoms with van der Waals surface area (Å²) < 4.78 is 5.49. The molecule has 1 N–H and O–H groups in total. The first-order chi connectivity index (χ1) is 10.4. The van der Waals surface area contributed by atoms with E-state index in [1.807, 2.05) is 37.2 Å². The molecular formula is C16H27N3O2S. The number of thiazole rings is 1. The number of rotatable bonds is 5. The van der Waals surface area contributed by atoms with E-state index in [4.69, 9.17) is 4.74 Å². The van der Waals surface area contributed by atoms with Crippen LogP contribution in [0.5, 0.6) is 0 Å². The summed E-state index contributed by atoms with van der Waals surface area (Å²) in [4.78, 5) is 18.4. The quantitative estimate of drug-likeness (QED) is 0.903. The Bertz CT molecular complexity index is 470. The van der Waals surface area contributed by atoms with Crippen molar-refractivity contribution in [3.05, 3.63) is 16.6 Å². The SMILES string of the molecule is CC(CNCC1CCCN1C(=O)OC(C)(C)C)c1nccs1. The van der Waals surface area contributed by atoms with Gasteiger partial charge in [-0.1, -0.05) is 6.92 Å². The number of hydrogen-bond acceptors (Lipinski definition) is 5. The van der Waals surface area contributed by atoms with Crippen molar-refractivity contribution in [1.29, 1.82) is 0 Å². The van der Waals surface area contributed by atoms with Gasteiger partial charge in [0, 0.05) is 43.2 Å². The Balaban J connectivity index is 1.78. The van der Waals surface area contributed by atoms with Gasteiger partial charge in [-0.15, -0.1) is 11.3 Å². The van der Waals surface area contributed by atoms with Gasteiger partial charge in [0.2, 0.25) is 0 Å². The summed E-state index contributed by atoms with van der Waals surface area (Å²) in [5, 5.41) is 6.64. The van der Waals surface area contributed by atoms with Crippen LogP contribution in [0.4, 0.5) is 4.79 Å². The van der Waals surface area contributed by atoms with Gasteiger partial charge in [0.15, 0.2) is 0 Å². The fourth-order valence-corrected chi connectivity index (χ4v) is 3.34. The average Bonchev–Trinajstić information content (AvgIpc) is 3.08. The lowest BCUT2D eigenvalue weighted by molar-refractivity contribution is 0.0226. The monoisotopic (exact) mass is 325 g/mol. The van der Waals surface area contributed by atoms with Gasteiger partial charge in [-0.2, -0.15) is 0 Å². The molecule has 0 aliphatic carbocycles. The fraction of sp³-hybridized carbons (Fsp3) is 0.750. The van der Waals surface area contributed by atoms with Crippen LogP contribution in [0.25, 0.3) is 0 Å². The lowest BCUT2D eigenvalue weighted by atomic mass is 10.1. The van der Waals surface area contributed by atoms with Crippen LogP contribution in [-0.4, -0.2) is 47.3 Å². The lowest BCUT2D eigenvalue weighted by Gasteiger charge is -2.29. The number of carbonyl (C=O) groups excluding carboxylic acids is 1. The molecule has 0 aromatic carbocycles. The van der Waals surface area contributed by atoms with E-state index in [0.29, 0.717) is 5.92 Å². The highest BCUT2D eigenvalue weighted by atomic mass is 32.1. The van der Waals surface area contributed by atoms with E-state index in [1.54, 1.807) is 11.3 Å². The van der Waals surface area contributed by atoms with Gasteiger partial charge in [0.25, 0.3) is 0 Å². The molecule has 2 unspecified atom stereocenters. The zero-order valence-corrected chi connectivity index (χ0v) is 14.8. The number of carbonyl (C=O) groups is 1. The summed E-state index contributed by atoms with van der Waals surface area (Å²) in [5.74, 6) is 0.399. The number of ether oxygens (including phenoxy) is 1. The minimum atomic E-state index is -0.434. The standard InChI is InChI=1S/C16H27N3O2S/c1-12(14-18-7-9-22-14)10-17-11-13-6-5-8-19(13)15(20)21-16(2,3)4/h7,9,12-13,17H,5-6,8,10-11H2,1-4H3. The maximum atomic E-state index is 12.2. The first kappa shape index (κ1) is 17.2. The largest absolute Gasteiger partial charge is 0.444 e. The van der Waals surface area contributed by atoms with Crippen molar-refractivity contribution < 1.29 is 9.53 Å². The zero-order chi connectivity index (χ0) is 16.2. The van der Waals surface area contributed by atoms with Crippen molar-refractivity contribution in [3.8, 4) is 0 Å². The highest BCUT2D eigenvalue weighted by molar-refractivity contribution is 7.09. The first-order valence-electron chi connectivity index (χ1n) is 7.96. The molecule has 2 atom stereocenters. The maximum Gasteiger partial charge on any atom is 0.410 e. The molecule has 5 nitrogen and oxygen atoms in total. The zero-order valence-electron chi connectivity index (χ0n) is 14.0. The van der Waals surface area contributed by atoms with E-state index in [-0.39, 0.29) is 12.1 Å². The molecule has 0 radical (unpaired) electrons. The Morgan fingerprint density at radius 1 is 1.59 bits per heavy atom. The van der Waals surface area contributed by atoms with E-state index in [0.717, 1.165) is 37.5 Å². The summed E-state index contributed by atoms with van der Waals surface area (Å²) in [7, 11) is 0. The molecule has 1 fully saturated rings. The van der Waals surface area contributed by atoms with Gasteiger partial charge in [0.05, 0.1) is 5.01 Å². The summed E-state index contributed by atoms with van der Waals surface area (Å²) in [6.07, 6.45) is 3.74. The molecule has 2 rings (SSSR count). The van der Waals surface area contributed by atoms with Crippen LogP contribution in [0.1, 0.15) is 51.5 Å². The van der Waals surface area contributed by atoms with Crippen molar-refractivity contribution >= 4 is 17.4 Å². The van der Waals surface area contributed by atoms with Crippen molar-refractivity contribution in [1.82, 2.24) is 15.2 Å². The van der Waals surface area contributed by atoms with E-state index in [9.17, 15) is 4.79 Å². The van der Waals surface area contributed by atoms with Gasteiger partial charge < -0.3 is 15.0 Å². The predicted molar refractivity (Wildman–Crippen MR) is 89.4 cm³/mol. The molecule has 1 aromatic heterocycles. The smallest absolute Gasteiger partial charge is 0.410 e. The van der Waals surface area contributed by atoms with Crippen molar-refractivity contribution in [2.75, 3.05) is 19.6 Å². The van der Waals surface area contributed by atoms with Gasteiger partial charge in [-0.05, 0) is 33.6 Å². The van der Waals surface area contributed by atoms with Crippen molar-refractivity contribution in [3.63, 3.8) is 0 Å². The Kier molecular flexibility index (Phi) is 5.81. The molecule has 2 heterocycles. The third kappa shape index (κ3) is 4.95. The molecular weight excluding hydrogens is 298 g/mol. The van der Waals surface area contributed by atoms with Gasteiger partial charge in [0.1, 0.15) is 5.60 Å². The molecule has 1 aliphatic rings.